The highest BCUT2D eigenvalue weighted by atomic mass is 35.5. The van der Waals surface area contributed by atoms with Gasteiger partial charge < -0.3 is 19.9 Å². The Bertz CT molecular complexity index is 1210. The summed E-state index contributed by atoms with van der Waals surface area (Å²) in [7, 11) is 1.38. The van der Waals surface area contributed by atoms with Gasteiger partial charge in [-0.1, -0.05) is 54.1 Å². The number of primary amides is 1. The number of nitrogens with zero attached hydrogens (tertiary/aromatic N) is 2. The van der Waals surface area contributed by atoms with Gasteiger partial charge in [0.2, 0.25) is 11.8 Å². The fourth-order valence-electron chi connectivity index (χ4n) is 3.53. The number of hydrogen-bond acceptors (Lipinski definition) is 3. The van der Waals surface area contributed by atoms with Gasteiger partial charge in [-0.05, 0) is 43.2 Å². The summed E-state index contributed by atoms with van der Waals surface area (Å²) in [5.41, 5.74) is 4.37. The molecule has 10 heteroatoms. The summed E-state index contributed by atoms with van der Waals surface area (Å²) in [5.74, 6) is -0.914. The number of aromatic nitrogens is 1. The summed E-state index contributed by atoms with van der Waals surface area (Å²) >= 11 is 5.95. The van der Waals surface area contributed by atoms with Gasteiger partial charge in [0.05, 0.1) is 12.0 Å². The third-order valence-corrected chi connectivity index (χ3v) is 5.72. The van der Waals surface area contributed by atoms with Crippen LogP contribution in [0.2, 0.25) is 5.02 Å². The van der Waals surface area contributed by atoms with Gasteiger partial charge in [0.1, 0.15) is 5.69 Å². The predicted molar refractivity (Wildman–Crippen MR) is 127 cm³/mol. The summed E-state index contributed by atoms with van der Waals surface area (Å²) in [6.45, 7) is 2.82. The minimum atomic E-state index is -4.72. The van der Waals surface area contributed by atoms with Gasteiger partial charge in [0, 0.05) is 24.2 Å². The lowest BCUT2D eigenvalue weighted by Crippen LogP contribution is -2.44. The summed E-state index contributed by atoms with van der Waals surface area (Å²) in [5, 5.41) is 0.403. The van der Waals surface area contributed by atoms with Gasteiger partial charge in [-0.3, -0.25) is 4.79 Å². The molecule has 0 spiro atoms. The molecule has 1 heterocycles. The Morgan fingerprint density at radius 2 is 1.66 bits per heavy atom. The first-order chi connectivity index (χ1) is 16.3. The molecule has 35 heavy (non-hydrogen) atoms. The fraction of sp³-hybridized carbons (Fsp3) is 0.280. The molecule has 2 amide bonds. The first-order valence-electron chi connectivity index (χ1n) is 10.6. The summed E-state index contributed by atoms with van der Waals surface area (Å²) in [4.78, 5) is 25.7. The van der Waals surface area contributed by atoms with Gasteiger partial charge in [-0.15, -0.1) is 0 Å². The summed E-state index contributed by atoms with van der Waals surface area (Å²) in [6, 6.07) is 15.6. The van der Waals surface area contributed by atoms with Crippen molar-refractivity contribution in [3.8, 4) is 17.0 Å². The van der Waals surface area contributed by atoms with Gasteiger partial charge in [-0.2, -0.15) is 13.2 Å². The number of rotatable bonds is 7. The third kappa shape index (κ3) is 6.16. The molecule has 2 N–H and O–H groups in total. The maximum Gasteiger partial charge on any atom is 0.431 e. The molecule has 0 saturated heterocycles. The molecule has 0 bridgehead atoms. The van der Waals surface area contributed by atoms with Crippen molar-refractivity contribution in [1.82, 2.24) is 9.47 Å². The van der Waals surface area contributed by atoms with E-state index in [0.717, 1.165) is 15.5 Å². The zero-order valence-corrected chi connectivity index (χ0v) is 20.2. The van der Waals surface area contributed by atoms with Crippen molar-refractivity contribution in [2.45, 2.75) is 26.6 Å². The largest absolute Gasteiger partial charge is 0.431 e. The van der Waals surface area contributed by atoms with E-state index in [4.69, 9.17) is 22.1 Å². The zero-order valence-electron chi connectivity index (χ0n) is 19.4. The van der Waals surface area contributed by atoms with Crippen LogP contribution in [0, 0.1) is 5.41 Å². The van der Waals surface area contributed by atoms with E-state index in [-0.39, 0.29) is 24.5 Å². The Morgan fingerprint density at radius 3 is 2.20 bits per heavy atom. The van der Waals surface area contributed by atoms with Crippen LogP contribution in [-0.4, -0.2) is 35.1 Å². The van der Waals surface area contributed by atoms with E-state index >= 15 is 0 Å². The minimum absolute atomic E-state index is 0.0702. The number of carbonyl (C=O) groups is 2. The normalized spacial score (nSPS) is 11.9. The quantitative estimate of drug-likeness (QED) is 0.438. The molecule has 6 nitrogen and oxygen atoms in total. The Kier molecular flexibility index (Phi) is 7.50. The van der Waals surface area contributed by atoms with E-state index in [2.05, 4.69) is 0 Å². The molecule has 186 valence electrons. The molecule has 0 radical (unpaired) electrons. The first-order valence-corrected chi connectivity index (χ1v) is 11.0. The van der Waals surface area contributed by atoms with E-state index in [1.807, 2.05) is 0 Å². The van der Waals surface area contributed by atoms with Crippen LogP contribution in [0.3, 0.4) is 0 Å². The number of ether oxygens (including phenoxy) is 1. The lowest BCUT2D eigenvalue weighted by molar-refractivity contribution is -0.143. The maximum atomic E-state index is 14.1. The second-order valence-electron chi connectivity index (χ2n) is 8.80. The Labute approximate surface area is 206 Å². The highest BCUT2D eigenvalue weighted by Gasteiger charge is 2.38. The van der Waals surface area contributed by atoms with E-state index in [9.17, 15) is 22.8 Å². The van der Waals surface area contributed by atoms with Crippen molar-refractivity contribution in [2.75, 3.05) is 13.6 Å². The fourth-order valence-corrected chi connectivity index (χ4v) is 3.66. The highest BCUT2D eigenvalue weighted by Crippen LogP contribution is 2.41. The number of nitrogens with two attached hydrogens (primary N) is 1. The van der Waals surface area contributed by atoms with Crippen LogP contribution in [0.4, 0.5) is 18.0 Å². The van der Waals surface area contributed by atoms with Gasteiger partial charge >= 0.3 is 12.3 Å². The van der Waals surface area contributed by atoms with Crippen molar-refractivity contribution < 1.29 is 27.5 Å². The molecule has 1 aromatic heterocycles. The minimum Gasteiger partial charge on any atom is -0.392 e. The number of benzene rings is 2. The second kappa shape index (κ2) is 10.0. The van der Waals surface area contributed by atoms with E-state index in [1.54, 1.807) is 56.3 Å². The molecule has 0 saturated carbocycles. The summed E-state index contributed by atoms with van der Waals surface area (Å²) < 4.78 is 48.7. The van der Waals surface area contributed by atoms with Crippen molar-refractivity contribution >= 4 is 23.6 Å². The van der Waals surface area contributed by atoms with Gasteiger partial charge in [0.25, 0.3) is 0 Å². The first kappa shape index (κ1) is 26.2. The number of carbonyl (C=O) groups excluding carboxylic acids is 2. The lowest BCUT2D eigenvalue weighted by Gasteiger charge is -2.27. The molecule has 0 atom stereocenters. The third-order valence-electron chi connectivity index (χ3n) is 5.47. The van der Waals surface area contributed by atoms with Crippen LogP contribution >= 0.6 is 11.6 Å². The highest BCUT2D eigenvalue weighted by molar-refractivity contribution is 6.30. The number of amides is 2. The molecular weight excluding hydrogens is 483 g/mol. The average molecular weight is 508 g/mol. The molecular formula is C25H25ClF3N3O3. The molecule has 2 aromatic carbocycles. The molecule has 0 fully saturated rings. The van der Waals surface area contributed by atoms with Crippen LogP contribution < -0.4 is 10.5 Å². The van der Waals surface area contributed by atoms with Crippen LogP contribution in [-0.2, 0) is 17.5 Å². The molecule has 3 rings (SSSR count). The number of hydrogen-bond donors (Lipinski definition) is 1. The predicted octanol–water partition coefficient (Wildman–Crippen LogP) is 5.82. The number of halogens is 4. The van der Waals surface area contributed by atoms with Crippen molar-refractivity contribution in [1.29, 1.82) is 0 Å². The Morgan fingerprint density at radius 1 is 1.06 bits per heavy atom. The second-order valence-corrected chi connectivity index (χ2v) is 9.23. The SMILES string of the molecule is CN(CC(C)(C)C(N)=O)C(=O)Oc1c(-c2ccc(Cl)cc2)cc(C(F)(F)F)n1Cc1ccccc1. The molecule has 0 aliphatic carbocycles. The summed E-state index contributed by atoms with van der Waals surface area (Å²) in [6.07, 6.45) is -5.66. The standard InChI is InChI=1S/C25H25ClF3N3O3/c1-24(2,22(30)33)15-31(3)23(34)35-21-19(17-9-11-18(26)12-10-17)13-20(25(27,28)29)32(21)14-16-7-5-4-6-8-16/h4-13H,14-15H2,1-3H3,(H2,30,33). The molecule has 0 aliphatic rings. The van der Waals surface area contributed by atoms with Crippen molar-refractivity contribution in [3.05, 3.63) is 76.9 Å². The maximum absolute atomic E-state index is 14.1. The average Bonchev–Trinajstić information content (AvgIpc) is 3.13. The molecule has 3 aromatic rings. The van der Waals surface area contributed by atoms with Crippen molar-refractivity contribution in [3.63, 3.8) is 0 Å². The van der Waals surface area contributed by atoms with Gasteiger partial charge in [-0.25, -0.2) is 4.79 Å². The molecule has 0 aliphatic heterocycles. The van der Waals surface area contributed by atoms with Crippen molar-refractivity contribution in [2.24, 2.45) is 11.1 Å². The van der Waals surface area contributed by atoms with Crippen LogP contribution in [0.1, 0.15) is 25.1 Å². The van der Waals surface area contributed by atoms with E-state index in [0.29, 0.717) is 16.1 Å². The smallest absolute Gasteiger partial charge is 0.392 e. The van der Waals surface area contributed by atoms with Crippen LogP contribution in [0.25, 0.3) is 11.1 Å². The Balaban J connectivity index is 2.11. The van der Waals surface area contributed by atoms with Crippen LogP contribution in [0.5, 0.6) is 5.88 Å². The topological polar surface area (TPSA) is 77.6 Å². The zero-order chi connectivity index (χ0) is 26.0. The number of alkyl halides is 3. The van der Waals surface area contributed by atoms with Crippen LogP contribution in [0.15, 0.2) is 60.7 Å². The Hall–Kier alpha value is -3.46. The van der Waals surface area contributed by atoms with Gasteiger partial charge in [0.15, 0.2) is 0 Å². The monoisotopic (exact) mass is 507 g/mol. The van der Waals surface area contributed by atoms with E-state index in [1.165, 1.54) is 19.2 Å². The lowest BCUT2D eigenvalue weighted by atomic mass is 9.92. The molecule has 0 unspecified atom stereocenters. The van der Waals surface area contributed by atoms with E-state index < -0.39 is 29.3 Å².